The van der Waals surface area contributed by atoms with Crippen molar-refractivity contribution in [2.45, 2.75) is 19.9 Å². The summed E-state index contributed by atoms with van der Waals surface area (Å²) >= 11 is 0. The third kappa shape index (κ3) is 1.81. The highest BCUT2D eigenvalue weighted by Gasteiger charge is 2.06. The average molecular weight is 242 g/mol. The van der Waals surface area contributed by atoms with E-state index < -0.39 is 0 Å². The molecule has 18 heavy (non-hydrogen) atoms. The van der Waals surface area contributed by atoms with E-state index in [1.807, 2.05) is 23.1 Å². The smallest absolute Gasteiger partial charge is 0.156 e. The predicted molar refractivity (Wildman–Crippen MR) is 68.9 cm³/mol. The molecule has 0 aliphatic carbocycles. The van der Waals surface area contributed by atoms with Crippen molar-refractivity contribution in [2.24, 2.45) is 0 Å². The van der Waals surface area contributed by atoms with Gasteiger partial charge in [-0.05, 0) is 19.9 Å². The van der Waals surface area contributed by atoms with Crippen molar-refractivity contribution in [1.82, 2.24) is 24.4 Å². The van der Waals surface area contributed by atoms with Crippen LogP contribution >= 0.6 is 0 Å². The molecule has 0 amide bonds. The molecule has 6 heteroatoms. The van der Waals surface area contributed by atoms with E-state index in [4.69, 9.17) is 0 Å². The molecule has 0 atom stereocenters. The third-order valence-corrected chi connectivity index (χ3v) is 2.72. The van der Waals surface area contributed by atoms with Crippen LogP contribution in [0.15, 0.2) is 37.1 Å². The number of nitrogens with one attached hydrogen (secondary N) is 1. The van der Waals surface area contributed by atoms with E-state index in [9.17, 15) is 0 Å². The van der Waals surface area contributed by atoms with Gasteiger partial charge < -0.3 is 5.32 Å². The summed E-state index contributed by atoms with van der Waals surface area (Å²) in [5, 5.41) is 11.7. The highest BCUT2D eigenvalue weighted by atomic mass is 15.3. The van der Waals surface area contributed by atoms with Crippen molar-refractivity contribution in [1.29, 1.82) is 0 Å². The van der Waals surface area contributed by atoms with Gasteiger partial charge in [-0.1, -0.05) is 0 Å². The van der Waals surface area contributed by atoms with Crippen molar-refractivity contribution in [2.75, 3.05) is 5.32 Å². The Hall–Kier alpha value is -2.37. The molecule has 0 spiro atoms. The molecule has 0 radical (unpaired) electrons. The van der Waals surface area contributed by atoms with Crippen molar-refractivity contribution >= 4 is 17.0 Å². The van der Waals surface area contributed by atoms with Crippen LogP contribution in [-0.2, 0) is 0 Å². The lowest BCUT2D eigenvalue weighted by Gasteiger charge is -2.05. The zero-order valence-electron chi connectivity index (χ0n) is 10.3. The molecule has 0 fully saturated rings. The van der Waals surface area contributed by atoms with E-state index >= 15 is 0 Å². The normalized spacial score (nSPS) is 11.3. The average Bonchev–Trinajstić information content (AvgIpc) is 2.97. The summed E-state index contributed by atoms with van der Waals surface area (Å²) in [7, 11) is 0. The van der Waals surface area contributed by atoms with E-state index in [-0.39, 0.29) is 0 Å². The molecule has 1 N–H and O–H groups in total. The number of anilines is 2. The van der Waals surface area contributed by atoms with Crippen molar-refractivity contribution in [3.63, 3.8) is 0 Å². The van der Waals surface area contributed by atoms with Crippen molar-refractivity contribution in [3.05, 3.63) is 37.1 Å². The number of hydrogen-bond donors (Lipinski definition) is 1. The molecule has 0 unspecified atom stereocenters. The minimum atomic E-state index is 0.347. The Morgan fingerprint density at radius 1 is 1.22 bits per heavy atom. The second kappa shape index (κ2) is 4.14. The Morgan fingerprint density at radius 2 is 2.11 bits per heavy atom. The molecule has 92 valence electrons. The van der Waals surface area contributed by atoms with Crippen LogP contribution in [0.2, 0.25) is 0 Å². The monoisotopic (exact) mass is 242 g/mol. The molecule has 3 aromatic heterocycles. The molecule has 3 aromatic rings. The van der Waals surface area contributed by atoms with Crippen LogP contribution in [-0.4, -0.2) is 24.4 Å². The number of nitrogens with zero attached hydrogens (tertiary/aromatic N) is 5. The van der Waals surface area contributed by atoms with Gasteiger partial charge in [0.25, 0.3) is 0 Å². The molecule has 3 rings (SSSR count). The van der Waals surface area contributed by atoms with Gasteiger partial charge in [-0.2, -0.15) is 10.2 Å². The van der Waals surface area contributed by atoms with Crippen molar-refractivity contribution < 1.29 is 0 Å². The zero-order valence-corrected chi connectivity index (χ0v) is 10.3. The molecule has 6 nitrogen and oxygen atoms in total. The van der Waals surface area contributed by atoms with Crippen LogP contribution in [0, 0.1) is 0 Å². The molecule has 0 saturated heterocycles. The highest BCUT2D eigenvalue weighted by Crippen LogP contribution is 2.19. The van der Waals surface area contributed by atoms with Crippen LogP contribution in [0.3, 0.4) is 0 Å². The molecule has 0 aliphatic rings. The van der Waals surface area contributed by atoms with E-state index in [1.165, 1.54) is 0 Å². The Kier molecular flexibility index (Phi) is 2.47. The fourth-order valence-electron chi connectivity index (χ4n) is 1.78. The minimum absolute atomic E-state index is 0.347. The first-order valence-electron chi connectivity index (χ1n) is 5.83. The first-order chi connectivity index (χ1) is 8.74. The summed E-state index contributed by atoms with van der Waals surface area (Å²) in [4.78, 5) is 4.32. The SMILES string of the molecule is CC(C)n1cc(Nc2nccn3nccc23)cn1. The third-order valence-electron chi connectivity index (χ3n) is 2.72. The zero-order chi connectivity index (χ0) is 12.5. The van der Waals surface area contributed by atoms with Gasteiger partial charge >= 0.3 is 0 Å². The number of hydrogen-bond acceptors (Lipinski definition) is 4. The maximum absolute atomic E-state index is 4.32. The molecule has 0 aliphatic heterocycles. The Morgan fingerprint density at radius 3 is 2.89 bits per heavy atom. The predicted octanol–water partition coefficient (Wildman–Crippen LogP) is 2.25. The van der Waals surface area contributed by atoms with Gasteiger partial charge in [0.15, 0.2) is 5.82 Å². The Bertz CT molecular complexity index is 666. The minimum Gasteiger partial charge on any atom is -0.336 e. The molecule has 0 aromatic carbocycles. The fraction of sp³-hybridized carbons (Fsp3) is 0.250. The van der Waals surface area contributed by atoms with E-state index in [0.717, 1.165) is 17.0 Å². The van der Waals surface area contributed by atoms with E-state index in [1.54, 1.807) is 23.1 Å². The summed E-state index contributed by atoms with van der Waals surface area (Å²) in [6.07, 6.45) is 9.04. The van der Waals surface area contributed by atoms with Gasteiger partial charge in [0.1, 0.15) is 5.52 Å². The van der Waals surface area contributed by atoms with Crippen LogP contribution in [0.4, 0.5) is 11.5 Å². The summed E-state index contributed by atoms with van der Waals surface area (Å²) in [5.41, 5.74) is 1.86. The molecule has 3 heterocycles. The van der Waals surface area contributed by atoms with Gasteiger partial charge in [-0.3, -0.25) is 4.68 Å². The first kappa shape index (κ1) is 10.8. The van der Waals surface area contributed by atoms with Gasteiger partial charge in [0.2, 0.25) is 0 Å². The number of aromatic nitrogens is 5. The summed E-state index contributed by atoms with van der Waals surface area (Å²) in [5.74, 6) is 0.776. The maximum Gasteiger partial charge on any atom is 0.156 e. The second-order valence-corrected chi connectivity index (χ2v) is 4.36. The Balaban J connectivity index is 1.93. The van der Waals surface area contributed by atoms with E-state index in [0.29, 0.717) is 6.04 Å². The second-order valence-electron chi connectivity index (χ2n) is 4.36. The molecular weight excluding hydrogens is 228 g/mol. The summed E-state index contributed by atoms with van der Waals surface area (Å²) in [6.45, 7) is 4.18. The molecular formula is C12H14N6. The number of rotatable bonds is 3. The topological polar surface area (TPSA) is 60.0 Å². The van der Waals surface area contributed by atoms with Crippen LogP contribution in [0.1, 0.15) is 19.9 Å². The van der Waals surface area contributed by atoms with Gasteiger partial charge in [0, 0.05) is 24.6 Å². The van der Waals surface area contributed by atoms with E-state index in [2.05, 4.69) is 34.3 Å². The van der Waals surface area contributed by atoms with Crippen molar-refractivity contribution in [3.8, 4) is 0 Å². The lowest BCUT2D eigenvalue weighted by Crippen LogP contribution is -2.00. The highest BCUT2D eigenvalue weighted by molar-refractivity contribution is 5.72. The van der Waals surface area contributed by atoms with Gasteiger partial charge in [-0.25, -0.2) is 9.50 Å². The summed E-state index contributed by atoms with van der Waals surface area (Å²) < 4.78 is 3.68. The quantitative estimate of drug-likeness (QED) is 0.765. The van der Waals surface area contributed by atoms with Crippen LogP contribution in [0.25, 0.3) is 5.52 Å². The fourth-order valence-corrected chi connectivity index (χ4v) is 1.78. The first-order valence-corrected chi connectivity index (χ1v) is 5.83. The lowest BCUT2D eigenvalue weighted by atomic mass is 10.4. The lowest BCUT2D eigenvalue weighted by molar-refractivity contribution is 0.532. The van der Waals surface area contributed by atoms with Gasteiger partial charge in [0.05, 0.1) is 18.1 Å². The van der Waals surface area contributed by atoms with Gasteiger partial charge in [-0.15, -0.1) is 0 Å². The summed E-state index contributed by atoms with van der Waals surface area (Å²) in [6, 6.07) is 2.27. The molecule has 0 saturated carbocycles. The molecule has 0 bridgehead atoms. The Labute approximate surface area is 104 Å². The van der Waals surface area contributed by atoms with Crippen LogP contribution in [0.5, 0.6) is 0 Å². The van der Waals surface area contributed by atoms with Crippen LogP contribution < -0.4 is 5.32 Å². The maximum atomic E-state index is 4.32. The standard InChI is InChI=1S/C12H14N6/c1-9(2)18-8-10(7-15-18)16-12-11-3-4-14-17(11)6-5-13-12/h3-9H,1-2H3,(H,13,16). The number of fused-ring (bicyclic) bond motifs is 1. The largest absolute Gasteiger partial charge is 0.336 e.